The first-order chi connectivity index (χ1) is 10.3. The smallest absolute Gasteiger partial charge is 0.160 e. The molecule has 0 bridgehead atoms. The Labute approximate surface area is 129 Å². The minimum absolute atomic E-state index is 0.568. The maximum absolute atomic E-state index is 4.94. The second kappa shape index (κ2) is 5.61. The lowest BCUT2D eigenvalue weighted by Crippen LogP contribution is -2.18. The molecule has 4 rings (SSSR count). The van der Waals surface area contributed by atoms with Crippen LogP contribution in [0.3, 0.4) is 0 Å². The number of thioether (sulfide) groups is 1. The quantitative estimate of drug-likeness (QED) is 0.873. The van der Waals surface area contributed by atoms with E-state index < -0.39 is 0 Å². The topological polar surface area (TPSA) is 34.0 Å². The molecular formula is C16H22N4S. The van der Waals surface area contributed by atoms with Gasteiger partial charge < -0.3 is 9.47 Å². The zero-order valence-corrected chi connectivity index (χ0v) is 13.4. The average Bonchev–Trinajstić information content (AvgIpc) is 3.20. The van der Waals surface area contributed by atoms with Crippen LogP contribution in [0, 0.1) is 5.92 Å². The molecule has 21 heavy (non-hydrogen) atoms. The molecule has 0 spiro atoms. The molecule has 0 aromatic carbocycles. The Kier molecular flexibility index (Phi) is 3.63. The van der Waals surface area contributed by atoms with Crippen molar-refractivity contribution in [3.63, 3.8) is 0 Å². The largest absolute Gasteiger partial charge is 0.312 e. The van der Waals surface area contributed by atoms with E-state index in [1.54, 1.807) is 0 Å². The van der Waals surface area contributed by atoms with E-state index in [1.807, 2.05) is 12.3 Å². The highest BCUT2D eigenvalue weighted by Crippen LogP contribution is 2.31. The van der Waals surface area contributed by atoms with Gasteiger partial charge in [0.25, 0.3) is 0 Å². The highest BCUT2D eigenvalue weighted by molar-refractivity contribution is 7.99. The van der Waals surface area contributed by atoms with Gasteiger partial charge in [0.2, 0.25) is 0 Å². The molecule has 2 unspecified atom stereocenters. The first-order valence-electron chi connectivity index (χ1n) is 7.88. The van der Waals surface area contributed by atoms with Gasteiger partial charge in [0.15, 0.2) is 5.65 Å². The number of rotatable bonds is 3. The summed E-state index contributed by atoms with van der Waals surface area (Å²) in [6.45, 7) is 3.40. The molecule has 2 aromatic heterocycles. The lowest BCUT2D eigenvalue weighted by atomic mass is 10.1. The molecule has 2 atom stereocenters. The van der Waals surface area contributed by atoms with Crippen LogP contribution in [0.5, 0.6) is 0 Å². The van der Waals surface area contributed by atoms with Crippen LogP contribution in [0.15, 0.2) is 18.3 Å². The molecule has 4 nitrogen and oxygen atoms in total. The molecule has 0 radical (unpaired) electrons. The summed E-state index contributed by atoms with van der Waals surface area (Å²) >= 11 is 2.09. The molecule has 2 aromatic rings. The molecule has 5 heteroatoms. The van der Waals surface area contributed by atoms with Gasteiger partial charge in [-0.05, 0) is 56.0 Å². The normalized spacial score (nSPS) is 26.9. The SMILES string of the molecule is CN1CCC(c2nc3cccnc3n2CC2CCSC2)C1. The Morgan fingerprint density at radius 3 is 3.10 bits per heavy atom. The molecule has 2 aliphatic heterocycles. The van der Waals surface area contributed by atoms with Crippen LogP contribution in [-0.2, 0) is 6.54 Å². The van der Waals surface area contributed by atoms with E-state index in [9.17, 15) is 0 Å². The van der Waals surface area contributed by atoms with Gasteiger partial charge in [0.05, 0.1) is 0 Å². The van der Waals surface area contributed by atoms with Crippen LogP contribution in [0.25, 0.3) is 11.2 Å². The highest BCUT2D eigenvalue weighted by Gasteiger charge is 2.28. The molecule has 0 amide bonds. The van der Waals surface area contributed by atoms with Crippen LogP contribution in [0.2, 0.25) is 0 Å². The third-order valence-corrected chi connectivity index (χ3v) is 5.99. The number of fused-ring (bicyclic) bond motifs is 1. The number of hydrogen-bond acceptors (Lipinski definition) is 4. The summed E-state index contributed by atoms with van der Waals surface area (Å²) in [5.41, 5.74) is 2.15. The van der Waals surface area contributed by atoms with E-state index in [1.165, 1.54) is 36.7 Å². The van der Waals surface area contributed by atoms with Crippen LogP contribution < -0.4 is 0 Å². The van der Waals surface area contributed by atoms with E-state index in [-0.39, 0.29) is 0 Å². The first-order valence-corrected chi connectivity index (χ1v) is 9.04. The van der Waals surface area contributed by atoms with Crippen LogP contribution in [0.4, 0.5) is 0 Å². The lowest BCUT2D eigenvalue weighted by molar-refractivity contribution is 0.405. The number of likely N-dealkylation sites (tertiary alicyclic amines) is 1. The number of pyridine rings is 1. The minimum Gasteiger partial charge on any atom is -0.312 e. The summed E-state index contributed by atoms with van der Waals surface area (Å²) in [7, 11) is 2.21. The summed E-state index contributed by atoms with van der Waals surface area (Å²) in [4.78, 5) is 12.0. The Bertz CT molecular complexity index is 632. The summed E-state index contributed by atoms with van der Waals surface area (Å²) in [6, 6.07) is 4.10. The van der Waals surface area contributed by atoms with Crippen molar-refractivity contribution in [1.29, 1.82) is 0 Å². The monoisotopic (exact) mass is 302 g/mol. The van der Waals surface area contributed by atoms with Gasteiger partial charge in [-0.3, -0.25) is 0 Å². The predicted molar refractivity (Wildman–Crippen MR) is 87.8 cm³/mol. The zero-order chi connectivity index (χ0) is 14.2. The Hall–Kier alpha value is -1.07. The third-order valence-electron chi connectivity index (χ3n) is 4.75. The number of aromatic nitrogens is 3. The summed E-state index contributed by atoms with van der Waals surface area (Å²) in [5, 5.41) is 0. The van der Waals surface area contributed by atoms with Gasteiger partial charge in [0, 0.05) is 25.2 Å². The molecular weight excluding hydrogens is 280 g/mol. The zero-order valence-electron chi connectivity index (χ0n) is 12.5. The molecule has 2 aliphatic rings. The molecule has 4 heterocycles. The fraction of sp³-hybridized carbons (Fsp3) is 0.625. The Morgan fingerprint density at radius 1 is 1.38 bits per heavy atom. The number of imidazole rings is 1. The standard InChI is InChI=1S/C16H22N4S/c1-19-7-4-13(10-19)15-18-14-3-2-6-17-16(14)20(15)9-12-5-8-21-11-12/h2-3,6,12-13H,4-5,7-11H2,1H3. The van der Waals surface area contributed by atoms with Crippen molar-refractivity contribution in [1.82, 2.24) is 19.4 Å². The molecule has 0 saturated carbocycles. The van der Waals surface area contributed by atoms with Gasteiger partial charge in [-0.2, -0.15) is 11.8 Å². The van der Waals surface area contributed by atoms with Gasteiger partial charge in [-0.15, -0.1) is 0 Å². The number of nitrogens with zero attached hydrogens (tertiary/aromatic N) is 4. The van der Waals surface area contributed by atoms with Crippen LogP contribution in [0.1, 0.15) is 24.6 Å². The molecule has 0 N–H and O–H groups in total. The first kappa shape index (κ1) is 13.6. The predicted octanol–water partition coefficient (Wildman–Crippen LogP) is 2.60. The summed E-state index contributed by atoms with van der Waals surface area (Å²) in [6.07, 6.45) is 4.45. The van der Waals surface area contributed by atoms with Crippen molar-refractivity contribution in [2.45, 2.75) is 25.3 Å². The number of likely N-dealkylation sites (N-methyl/N-ethyl adjacent to an activating group) is 1. The average molecular weight is 302 g/mol. The fourth-order valence-electron chi connectivity index (χ4n) is 3.60. The molecule has 2 fully saturated rings. The lowest BCUT2D eigenvalue weighted by Gasteiger charge is -2.16. The van der Waals surface area contributed by atoms with Crippen molar-refractivity contribution < 1.29 is 0 Å². The van der Waals surface area contributed by atoms with E-state index in [0.717, 1.165) is 30.2 Å². The molecule has 2 saturated heterocycles. The van der Waals surface area contributed by atoms with E-state index in [4.69, 9.17) is 4.98 Å². The van der Waals surface area contributed by atoms with Crippen LogP contribution >= 0.6 is 11.8 Å². The molecule has 0 aliphatic carbocycles. The van der Waals surface area contributed by atoms with Crippen molar-refractivity contribution >= 4 is 22.9 Å². The van der Waals surface area contributed by atoms with Gasteiger partial charge in [0.1, 0.15) is 11.3 Å². The Morgan fingerprint density at radius 2 is 2.33 bits per heavy atom. The maximum atomic E-state index is 4.94. The third kappa shape index (κ3) is 2.57. The van der Waals surface area contributed by atoms with Crippen molar-refractivity contribution in [2.75, 3.05) is 31.6 Å². The second-order valence-electron chi connectivity index (χ2n) is 6.40. The van der Waals surface area contributed by atoms with E-state index in [2.05, 4.69) is 39.3 Å². The van der Waals surface area contributed by atoms with Crippen molar-refractivity contribution in [3.05, 3.63) is 24.2 Å². The van der Waals surface area contributed by atoms with E-state index in [0.29, 0.717) is 5.92 Å². The highest BCUT2D eigenvalue weighted by atomic mass is 32.2. The maximum Gasteiger partial charge on any atom is 0.160 e. The molecule has 112 valence electrons. The van der Waals surface area contributed by atoms with Crippen molar-refractivity contribution in [2.24, 2.45) is 5.92 Å². The minimum atomic E-state index is 0.568. The fourth-order valence-corrected chi connectivity index (χ4v) is 4.87. The number of hydrogen-bond donors (Lipinski definition) is 0. The second-order valence-corrected chi connectivity index (χ2v) is 7.55. The van der Waals surface area contributed by atoms with Crippen LogP contribution in [-0.4, -0.2) is 51.1 Å². The van der Waals surface area contributed by atoms with E-state index >= 15 is 0 Å². The summed E-state index contributed by atoms with van der Waals surface area (Å²) < 4.78 is 2.43. The van der Waals surface area contributed by atoms with Crippen molar-refractivity contribution in [3.8, 4) is 0 Å². The van der Waals surface area contributed by atoms with Gasteiger partial charge in [-0.25, -0.2) is 9.97 Å². The van der Waals surface area contributed by atoms with Gasteiger partial charge >= 0.3 is 0 Å². The summed E-state index contributed by atoms with van der Waals surface area (Å²) in [5.74, 6) is 5.22. The Balaban J connectivity index is 1.73. The van der Waals surface area contributed by atoms with Gasteiger partial charge in [-0.1, -0.05) is 0 Å².